The number of nitrogens with zero attached hydrogens (tertiary/aromatic N) is 1. The van der Waals surface area contributed by atoms with Crippen LogP contribution in [0, 0.1) is 11.3 Å². The van der Waals surface area contributed by atoms with Gasteiger partial charge < -0.3 is 16.0 Å². The van der Waals surface area contributed by atoms with Gasteiger partial charge in [0.15, 0.2) is 6.17 Å². The van der Waals surface area contributed by atoms with Crippen LogP contribution in [0.1, 0.15) is 50.2 Å². The standard InChI is InChI=1S/C21H26F6N4O/c1-21(2,20(26)27)17(25)15(28)18-29-12-6-5-10(7-13(12)30-18)16(9-3-4-9)31-19(32)14(24)11(23)8-22/h5-7,9,11,14-17,20H,3-4,8,28H2,1-2H3,(H,29,30)(H,31,32)/t11?,14?,15-,16?,17?/m1/s1. The fraction of sp³-hybridized carbons (Fsp3) is 0.619. The molecule has 178 valence electrons. The number of carbonyl (C=O) groups is 1. The van der Waals surface area contributed by atoms with Crippen molar-refractivity contribution in [1.29, 1.82) is 0 Å². The van der Waals surface area contributed by atoms with E-state index >= 15 is 0 Å². The second-order valence-corrected chi connectivity index (χ2v) is 8.84. The zero-order valence-electron chi connectivity index (χ0n) is 17.6. The van der Waals surface area contributed by atoms with Crippen molar-refractivity contribution in [1.82, 2.24) is 15.3 Å². The van der Waals surface area contributed by atoms with Crippen LogP contribution in [0.2, 0.25) is 0 Å². The summed E-state index contributed by atoms with van der Waals surface area (Å²) in [7, 11) is 0. The fourth-order valence-electron chi connectivity index (χ4n) is 3.50. The summed E-state index contributed by atoms with van der Waals surface area (Å²) in [6.45, 7) is 0.549. The first-order valence-electron chi connectivity index (χ1n) is 10.3. The van der Waals surface area contributed by atoms with Crippen molar-refractivity contribution in [2.45, 2.75) is 63.7 Å². The maximum atomic E-state index is 14.7. The van der Waals surface area contributed by atoms with Gasteiger partial charge in [0.2, 0.25) is 12.6 Å². The second kappa shape index (κ2) is 9.29. The molecule has 3 rings (SSSR count). The normalized spacial score (nSPS) is 19.6. The number of halogens is 6. The molecule has 1 aromatic carbocycles. The number of hydrogen-bond donors (Lipinski definition) is 3. The van der Waals surface area contributed by atoms with E-state index in [1.54, 1.807) is 18.2 Å². The Hall–Kier alpha value is -2.30. The number of nitrogens with two attached hydrogens (primary N) is 1. The van der Waals surface area contributed by atoms with E-state index in [0.717, 1.165) is 26.7 Å². The first-order chi connectivity index (χ1) is 15.0. The number of hydrogen-bond acceptors (Lipinski definition) is 3. The van der Waals surface area contributed by atoms with Crippen LogP contribution in [-0.2, 0) is 4.79 Å². The van der Waals surface area contributed by atoms with E-state index in [-0.39, 0.29) is 11.7 Å². The second-order valence-electron chi connectivity index (χ2n) is 8.84. The van der Waals surface area contributed by atoms with Gasteiger partial charge in [-0.15, -0.1) is 0 Å². The molecule has 4 unspecified atom stereocenters. The van der Waals surface area contributed by atoms with E-state index in [4.69, 9.17) is 5.73 Å². The largest absolute Gasteiger partial charge is 0.346 e. The lowest BCUT2D eigenvalue weighted by atomic mass is 9.84. The summed E-state index contributed by atoms with van der Waals surface area (Å²) >= 11 is 0. The highest BCUT2D eigenvalue weighted by Gasteiger charge is 2.43. The molecule has 4 N–H and O–H groups in total. The molecule has 1 aromatic heterocycles. The SMILES string of the molecule is CC(C)(C(F)F)C(F)[C@@H](N)c1nc2ccc(C(NC(=O)C(F)C(F)CF)C3CC3)cc2[nH]1. The van der Waals surface area contributed by atoms with E-state index in [9.17, 15) is 31.1 Å². The van der Waals surface area contributed by atoms with Crippen molar-refractivity contribution < 1.29 is 31.1 Å². The van der Waals surface area contributed by atoms with E-state index in [0.29, 0.717) is 16.6 Å². The van der Waals surface area contributed by atoms with Crippen LogP contribution in [0.3, 0.4) is 0 Å². The highest BCUT2D eigenvalue weighted by Crippen LogP contribution is 2.42. The Labute approximate surface area is 181 Å². The maximum absolute atomic E-state index is 14.7. The van der Waals surface area contributed by atoms with E-state index in [2.05, 4.69) is 15.3 Å². The van der Waals surface area contributed by atoms with Crippen LogP contribution in [0.15, 0.2) is 18.2 Å². The Bertz CT molecular complexity index is 948. The average Bonchev–Trinajstić information content (AvgIpc) is 3.52. The van der Waals surface area contributed by atoms with Gasteiger partial charge in [-0.05, 0) is 36.5 Å². The smallest absolute Gasteiger partial charge is 0.258 e. The molecule has 1 saturated carbocycles. The van der Waals surface area contributed by atoms with Crippen LogP contribution in [-0.4, -0.2) is 47.5 Å². The molecule has 32 heavy (non-hydrogen) atoms. The lowest BCUT2D eigenvalue weighted by Gasteiger charge is -2.30. The number of fused-ring (bicyclic) bond motifs is 1. The third-order valence-electron chi connectivity index (χ3n) is 5.89. The summed E-state index contributed by atoms with van der Waals surface area (Å²) in [5.41, 5.74) is 5.24. The topological polar surface area (TPSA) is 83.8 Å². The van der Waals surface area contributed by atoms with Crippen molar-refractivity contribution >= 4 is 16.9 Å². The van der Waals surface area contributed by atoms with Crippen molar-refractivity contribution in [3.8, 4) is 0 Å². The lowest BCUT2D eigenvalue weighted by molar-refractivity contribution is -0.129. The zero-order chi connectivity index (χ0) is 23.8. The van der Waals surface area contributed by atoms with Gasteiger partial charge in [0.05, 0.1) is 28.5 Å². The minimum atomic E-state index is -2.93. The Morgan fingerprint density at radius 2 is 1.91 bits per heavy atom. The number of imidazole rings is 1. The summed E-state index contributed by atoms with van der Waals surface area (Å²) in [5.74, 6) is -1.26. The van der Waals surface area contributed by atoms with Crippen LogP contribution in [0.4, 0.5) is 26.3 Å². The minimum Gasteiger partial charge on any atom is -0.346 e. The molecule has 0 bridgehead atoms. The molecule has 0 spiro atoms. The molecule has 0 saturated heterocycles. The van der Waals surface area contributed by atoms with Crippen LogP contribution < -0.4 is 11.1 Å². The number of aromatic amines is 1. The quantitative estimate of drug-likeness (QED) is 0.456. The number of carbonyl (C=O) groups excluding carboxylic acids is 1. The monoisotopic (exact) mass is 464 g/mol. The number of amides is 1. The molecule has 1 heterocycles. The predicted octanol–water partition coefficient (Wildman–Crippen LogP) is 4.41. The molecule has 11 heteroatoms. The number of benzene rings is 1. The van der Waals surface area contributed by atoms with E-state index in [1.165, 1.54) is 0 Å². The summed E-state index contributed by atoms with van der Waals surface area (Å²) < 4.78 is 80.4. The van der Waals surface area contributed by atoms with Gasteiger partial charge in [0.1, 0.15) is 18.7 Å². The van der Waals surface area contributed by atoms with Crippen molar-refractivity contribution in [2.75, 3.05) is 6.67 Å². The third-order valence-corrected chi connectivity index (χ3v) is 5.89. The summed E-state index contributed by atoms with van der Waals surface area (Å²) in [6, 6.07) is 2.72. The van der Waals surface area contributed by atoms with Gasteiger partial charge in [-0.1, -0.05) is 19.9 Å². The van der Waals surface area contributed by atoms with Gasteiger partial charge in [-0.3, -0.25) is 4.79 Å². The molecule has 5 nitrogen and oxygen atoms in total. The first-order valence-corrected chi connectivity index (χ1v) is 10.3. The summed E-state index contributed by atoms with van der Waals surface area (Å²) in [6.07, 6.45) is -8.66. The number of alkyl halides is 6. The Balaban J connectivity index is 1.83. The fourth-order valence-corrected chi connectivity index (χ4v) is 3.50. The Morgan fingerprint density at radius 1 is 1.25 bits per heavy atom. The van der Waals surface area contributed by atoms with Gasteiger partial charge in [0.25, 0.3) is 5.91 Å². The molecule has 2 aromatic rings. The van der Waals surface area contributed by atoms with Crippen molar-refractivity contribution in [2.24, 2.45) is 17.1 Å². The van der Waals surface area contributed by atoms with Gasteiger partial charge in [-0.2, -0.15) is 0 Å². The predicted molar refractivity (Wildman–Crippen MR) is 107 cm³/mol. The molecule has 1 amide bonds. The Morgan fingerprint density at radius 3 is 2.47 bits per heavy atom. The van der Waals surface area contributed by atoms with Gasteiger partial charge in [-0.25, -0.2) is 31.3 Å². The molecule has 1 aliphatic rings. The molecular formula is C21H26F6N4O. The lowest BCUT2D eigenvalue weighted by Crippen LogP contribution is -2.41. The van der Waals surface area contributed by atoms with Gasteiger partial charge >= 0.3 is 0 Å². The minimum absolute atomic E-state index is 0.00116. The van der Waals surface area contributed by atoms with Crippen molar-refractivity contribution in [3.05, 3.63) is 29.6 Å². The highest BCUT2D eigenvalue weighted by molar-refractivity contribution is 5.82. The van der Waals surface area contributed by atoms with Crippen LogP contribution >= 0.6 is 0 Å². The molecule has 0 radical (unpaired) electrons. The first kappa shape index (κ1) is 24.3. The molecular weight excluding hydrogens is 438 g/mol. The highest BCUT2D eigenvalue weighted by atomic mass is 19.3. The number of H-pyrrole nitrogens is 1. The van der Waals surface area contributed by atoms with Gasteiger partial charge in [0, 0.05) is 0 Å². The van der Waals surface area contributed by atoms with E-state index < -0.39 is 55.0 Å². The number of nitrogens with one attached hydrogen (secondary N) is 2. The summed E-state index contributed by atoms with van der Waals surface area (Å²) in [5, 5.41) is 2.43. The van der Waals surface area contributed by atoms with Crippen LogP contribution in [0.5, 0.6) is 0 Å². The zero-order valence-corrected chi connectivity index (χ0v) is 17.6. The average molecular weight is 464 g/mol. The molecule has 1 fully saturated rings. The summed E-state index contributed by atoms with van der Waals surface area (Å²) in [4.78, 5) is 19.0. The van der Waals surface area contributed by atoms with Crippen molar-refractivity contribution in [3.63, 3.8) is 0 Å². The van der Waals surface area contributed by atoms with E-state index in [1.807, 2.05) is 0 Å². The molecule has 0 aliphatic heterocycles. The maximum Gasteiger partial charge on any atom is 0.258 e. The Kier molecular flexibility index (Phi) is 7.06. The third kappa shape index (κ3) is 4.87. The number of aromatic nitrogens is 2. The molecule has 1 aliphatic carbocycles. The van der Waals surface area contributed by atoms with Crippen LogP contribution in [0.25, 0.3) is 11.0 Å². The molecule has 5 atom stereocenters. The number of rotatable bonds is 10.